The molecule has 0 saturated heterocycles. The highest BCUT2D eigenvalue weighted by Gasteiger charge is 2.33. The molecule has 1 aliphatic carbocycles. The molecule has 1 aliphatic rings. The van der Waals surface area contributed by atoms with Crippen molar-refractivity contribution in [3.05, 3.63) is 169 Å². The van der Waals surface area contributed by atoms with Crippen molar-refractivity contribution in [1.82, 2.24) is 4.98 Å². The van der Waals surface area contributed by atoms with Crippen LogP contribution in [-0.4, -0.2) is 17.7 Å². The fraction of sp³-hybridized carbons (Fsp3) is 0.0909. The molecule has 2 nitrogen and oxygen atoms in total. The van der Waals surface area contributed by atoms with E-state index in [9.17, 15) is 0 Å². The van der Waals surface area contributed by atoms with E-state index in [4.69, 9.17) is 9.98 Å². The van der Waals surface area contributed by atoms with E-state index in [1.807, 2.05) is 37.5 Å². The number of aromatic nitrogens is 1. The van der Waals surface area contributed by atoms with Gasteiger partial charge in [-0.15, -0.1) is 0 Å². The Kier molecular flexibility index (Phi) is 6.54. The zero-order chi connectivity index (χ0) is 31.4. The van der Waals surface area contributed by atoms with Crippen LogP contribution in [0.25, 0.3) is 60.3 Å². The Hall–Kier alpha value is -5.60. The smallest absolute Gasteiger partial charge is 0.0708 e. The summed E-state index contributed by atoms with van der Waals surface area (Å²) in [6, 6.07) is 43.3. The molecule has 0 fully saturated rings. The first-order chi connectivity index (χ1) is 22.5. The lowest BCUT2D eigenvalue weighted by atomic mass is 9.68. The number of nitrogens with zero attached hydrogens (tertiary/aromatic N) is 2. The van der Waals surface area contributed by atoms with Crippen molar-refractivity contribution in [1.29, 1.82) is 0 Å². The highest BCUT2D eigenvalue weighted by molar-refractivity contribution is 6.29. The first-order valence-electron chi connectivity index (χ1n) is 15.8. The number of hydrogen-bond donors (Lipinski definition) is 0. The van der Waals surface area contributed by atoms with Crippen LogP contribution in [0, 0.1) is 0 Å². The minimum absolute atomic E-state index is 0.179. The van der Waals surface area contributed by atoms with Gasteiger partial charge in [0.05, 0.1) is 11.4 Å². The Morgan fingerprint density at radius 3 is 2.02 bits per heavy atom. The summed E-state index contributed by atoms with van der Waals surface area (Å²) in [7, 11) is 1.87. The number of hydrogen-bond acceptors (Lipinski definition) is 2. The van der Waals surface area contributed by atoms with Crippen LogP contribution in [0.15, 0.2) is 151 Å². The molecule has 46 heavy (non-hydrogen) atoms. The van der Waals surface area contributed by atoms with Crippen molar-refractivity contribution in [3.63, 3.8) is 0 Å². The summed E-state index contributed by atoms with van der Waals surface area (Å²) >= 11 is 0. The van der Waals surface area contributed by atoms with Gasteiger partial charge in [-0.3, -0.25) is 9.98 Å². The van der Waals surface area contributed by atoms with Crippen LogP contribution >= 0.6 is 0 Å². The molecule has 1 heterocycles. The Balaban J connectivity index is 1.32. The number of pyridine rings is 1. The third kappa shape index (κ3) is 4.33. The summed E-state index contributed by atoms with van der Waals surface area (Å²) in [6.45, 7) is 9.02. The molecule has 0 unspecified atom stereocenters. The number of allylic oxidation sites excluding steroid dienone is 3. The first-order valence-corrected chi connectivity index (χ1v) is 15.8. The van der Waals surface area contributed by atoms with Crippen LogP contribution in [0.1, 0.15) is 36.1 Å². The molecule has 220 valence electrons. The fourth-order valence-corrected chi connectivity index (χ4v) is 7.31. The third-order valence-electron chi connectivity index (χ3n) is 9.74. The highest BCUT2D eigenvalue weighted by atomic mass is 14.7. The van der Waals surface area contributed by atoms with E-state index in [2.05, 4.69) is 130 Å². The second-order valence-corrected chi connectivity index (χ2v) is 12.7. The quantitative estimate of drug-likeness (QED) is 0.107. The van der Waals surface area contributed by atoms with Gasteiger partial charge in [-0.2, -0.15) is 0 Å². The molecule has 0 radical (unpaired) electrons. The van der Waals surface area contributed by atoms with Crippen LogP contribution in [0.4, 0.5) is 0 Å². The lowest BCUT2D eigenvalue weighted by Crippen LogP contribution is -2.23. The lowest BCUT2D eigenvalue weighted by molar-refractivity contribution is 0.652. The van der Waals surface area contributed by atoms with E-state index in [0.29, 0.717) is 0 Å². The molecule has 0 atom stereocenters. The van der Waals surface area contributed by atoms with Gasteiger partial charge < -0.3 is 0 Å². The molecule has 0 amide bonds. The van der Waals surface area contributed by atoms with Gasteiger partial charge in [0.25, 0.3) is 0 Å². The Bertz CT molecular complexity index is 2380. The predicted molar refractivity (Wildman–Crippen MR) is 197 cm³/mol. The highest BCUT2D eigenvalue weighted by Crippen LogP contribution is 2.50. The normalized spacial score (nSPS) is 13.8. The van der Waals surface area contributed by atoms with Crippen molar-refractivity contribution >= 4 is 43.6 Å². The summed E-state index contributed by atoms with van der Waals surface area (Å²) in [5.74, 6) is 0. The standard InChI is InChI=1S/C44H34N2/c1-28(29-11-7-5-8-12-29)15-25-39(45-4)33-21-23-37-42-35(33)19-16-31-17-20-36-34(22-24-38(44(37,2)3)43(36)41(31)42)40-26-18-32(27-46-40)30-13-9-6-10-14-30/h5-27H,1H2,2-4H3/b25-15-,45-39?. The van der Waals surface area contributed by atoms with E-state index >= 15 is 0 Å². The molecule has 7 aromatic rings. The van der Waals surface area contributed by atoms with Crippen LogP contribution in [0.2, 0.25) is 0 Å². The summed E-state index contributed by atoms with van der Waals surface area (Å²) in [5.41, 5.74) is 11.1. The molecule has 0 saturated carbocycles. The summed E-state index contributed by atoms with van der Waals surface area (Å²) < 4.78 is 0. The number of benzene rings is 6. The summed E-state index contributed by atoms with van der Waals surface area (Å²) in [5, 5.41) is 7.68. The van der Waals surface area contributed by atoms with Crippen molar-refractivity contribution in [2.45, 2.75) is 19.3 Å². The maximum atomic E-state index is 4.97. The van der Waals surface area contributed by atoms with Crippen molar-refractivity contribution < 1.29 is 0 Å². The van der Waals surface area contributed by atoms with Crippen LogP contribution < -0.4 is 0 Å². The number of rotatable bonds is 6. The van der Waals surface area contributed by atoms with E-state index in [1.54, 1.807) is 0 Å². The van der Waals surface area contributed by atoms with Gasteiger partial charge in [0, 0.05) is 35.3 Å². The average Bonchev–Trinajstić information content (AvgIpc) is 3.11. The van der Waals surface area contributed by atoms with E-state index in [1.165, 1.54) is 49.0 Å². The van der Waals surface area contributed by atoms with Gasteiger partial charge in [0.1, 0.15) is 0 Å². The van der Waals surface area contributed by atoms with Gasteiger partial charge in [-0.1, -0.05) is 142 Å². The molecule has 6 aromatic carbocycles. The molecule has 8 rings (SSSR count). The van der Waals surface area contributed by atoms with Gasteiger partial charge in [0.15, 0.2) is 0 Å². The third-order valence-corrected chi connectivity index (χ3v) is 9.74. The summed E-state index contributed by atoms with van der Waals surface area (Å²) in [4.78, 5) is 9.73. The van der Waals surface area contributed by atoms with E-state index in [0.717, 1.165) is 39.2 Å². The van der Waals surface area contributed by atoms with Crippen LogP contribution in [-0.2, 0) is 5.41 Å². The van der Waals surface area contributed by atoms with Gasteiger partial charge >= 0.3 is 0 Å². The molecule has 0 N–H and O–H groups in total. The molecule has 1 aromatic heterocycles. The van der Waals surface area contributed by atoms with Crippen LogP contribution in [0.5, 0.6) is 0 Å². The molecule has 0 bridgehead atoms. The molecule has 0 spiro atoms. The Morgan fingerprint density at radius 1 is 0.652 bits per heavy atom. The first kappa shape index (κ1) is 27.9. The summed E-state index contributed by atoms with van der Waals surface area (Å²) in [6.07, 6.45) is 6.17. The fourth-order valence-electron chi connectivity index (χ4n) is 7.31. The van der Waals surface area contributed by atoms with E-state index < -0.39 is 0 Å². The monoisotopic (exact) mass is 590 g/mol. The van der Waals surface area contributed by atoms with Gasteiger partial charge in [-0.05, 0) is 72.3 Å². The van der Waals surface area contributed by atoms with Crippen molar-refractivity contribution in [2.24, 2.45) is 4.99 Å². The number of aliphatic imine (C=N–C) groups is 1. The Morgan fingerprint density at radius 2 is 1.33 bits per heavy atom. The largest absolute Gasteiger partial charge is 0.288 e. The van der Waals surface area contributed by atoms with Gasteiger partial charge in [-0.25, -0.2) is 0 Å². The molecule has 0 aliphatic heterocycles. The van der Waals surface area contributed by atoms with Gasteiger partial charge in [0.2, 0.25) is 0 Å². The molecule has 2 heteroatoms. The average molecular weight is 591 g/mol. The Labute approximate surface area is 270 Å². The molecular formula is C44H34N2. The van der Waals surface area contributed by atoms with Crippen LogP contribution in [0.3, 0.4) is 0 Å². The van der Waals surface area contributed by atoms with E-state index in [-0.39, 0.29) is 5.41 Å². The maximum Gasteiger partial charge on any atom is 0.0708 e. The minimum Gasteiger partial charge on any atom is -0.288 e. The minimum atomic E-state index is -0.179. The second-order valence-electron chi connectivity index (χ2n) is 12.7. The SMILES string of the molecule is C=C(/C=C\C(=NC)c1ccc2c3c1ccc1ccc4c(-c5ccc(-c6ccccc6)cn5)ccc(c4c13)C2(C)C)c1ccccc1. The molecular weight excluding hydrogens is 556 g/mol. The predicted octanol–water partition coefficient (Wildman–Crippen LogP) is 11.2. The van der Waals surface area contributed by atoms with Crippen molar-refractivity contribution in [2.75, 3.05) is 7.05 Å². The topological polar surface area (TPSA) is 25.2 Å². The second kappa shape index (κ2) is 10.8. The van der Waals surface area contributed by atoms with Crippen molar-refractivity contribution in [3.8, 4) is 22.4 Å². The maximum absolute atomic E-state index is 4.97. The lowest BCUT2D eigenvalue weighted by Gasteiger charge is -2.35. The zero-order valence-electron chi connectivity index (χ0n) is 26.4. The zero-order valence-corrected chi connectivity index (χ0v) is 26.4.